The van der Waals surface area contributed by atoms with Crippen LogP contribution in [-0.2, 0) is 0 Å². The lowest BCUT2D eigenvalue weighted by Gasteiger charge is -2.32. The van der Waals surface area contributed by atoms with Crippen molar-refractivity contribution in [3.8, 4) is 22.3 Å². The molecule has 0 N–H and O–H groups in total. The van der Waals surface area contributed by atoms with Crippen molar-refractivity contribution in [1.82, 2.24) is 0 Å². The highest BCUT2D eigenvalue weighted by Crippen LogP contribution is 2.54. The summed E-state index contributed by atoms with van der Waals surface area (Å²) in [5.41, 5.74) is 21.8. The molecule has 14 aromatic rings. The molecule has 4 heteroatoms. The first kappa shape index (κ1) is 47.3. The van der Waals surface area contributed by atoms with Gasteiger partial charge in [-0.05, 0) is 131 Å². The molecule has 2 aromatic heterocycles. The summed E-state index contributed by atoms with van der Waals surface area (Å²) in [7, 11) is 0. The Labute approximate surface area is 455 Å². The number of para-hydroxylation sites is 4. The van der Waals surface area contributed by atoms with Gasteiger partial charge in [0.25, 0.3) is 0 Å². The van der Waals surface area contributed by atoms with Crippen molar-refractivity contribution < 1.29 is 8.83 Å². The number of benzene rings is 12. The van der Waals surface area contributed by atoms with E-state index in [9.17, 15) is 0 Å². The highest BCUT2D eigenvalue weighted by molar-refractivity contribution is 6.30. The van der Waals surface area contributed by atoms with E-state index in [2.05, 4.69) is 271 Å². The molecule has 0 aliphatic carbocycles. The van der Waals surface area contributed by atoms with E-state index in [-0.39, 0.29) is 11.8 Å². The van der Waals surface area contributed by atoms with E-state index in [1.807, 2.05) is 0 Å². The van der Waals surface area contributed by atoms with Gasteiger partial charge in [-0.15, -0.1) is 0 Å². The maximum atomic E-state index is 7.27. The summed E-state index contributed by atoms with van der Waals surface area (Å²) >= 11 is 0. The molecular weight excluding hydrogens is 949 g/mol. The first-order valence-electron chi connectivity index (χ1n) is 27.5. The van der Waals surface area contributed by atoms with Crippen molar-refractivity contribution in [1.29, 1.82) is 0 Å². The second-order valence-electron chi connectivity index (χ2n) is 22.2. The highest BCUT2D eigenvalue weighted by atomic mass is 16.3. The van der Waals surface area contributed by atoms with Crippen molar-refractivity contribution in [2.45, 2.75) is 67.2 Å². The van der Waals surface area contributed by atoms with Gasteiger partial charge >= 0.3 is 0 Å². The van der Waals surface area contributed by atoms with Crippen molar-refractivity contribution in [2.24, 2.45) is 0 Å². The number of aryl methyl sites for hydroxylation is 4. The topological polar surface area (TPSA) is 32.8 Å². The first-order chi connectivity index (χ1) is 38.0. The summed E-state index contributed by atoms with van der Waals surface area (Å²) < 4.78 is 14.5. The Morgan fingerprint density at radius 3 is 1.05 bits per heavy atom. The molecule has 0 radical (unpaired) electrons. The van der Waals surface area contributed by atoms with Crippen LogP contribution < -0.4 is 9.80 Å². The fraction of sp³-hybridized carbons (Fsp3) is 0.135. The van der Waals surface area contributed by atoms with Crippen LogP contribution in [0.15, 0.2) is 215 Å². The van der Waals surface area contributed by atoms with Gasteiger partial charge in [0.15, 0.2) is 11.2 Å². The van der Waals surface area contributed by atoms with Crippen molar-refractivity contribution in [3.05, 3.63) is 240 Å². The van der Waals surface area contributed by atoms with Gasteiger partial charge in [0.1, 0.15) is 11.2 Å². The van der Waals surface area contributed by atoms with Gasteiger partial charge in [-0.3, -0.25) is 0 Å². The van der Waals surface area contributed by atoms with Crippen LogP contribution in [0, 0.1) is 27.7 Å². The molecule has 0 amide bonds. The van der Waals surface area contributed by atoms with Crippen LogP contribution in [0.3, 0.4) is 0 Å². The highest BCUT2D eigenvalue weighted by Gasteiger charge is 2.30. The van der Waals surface area contributed by atoms with E-state index in [1.165, 1.54) is 65.7 Å². The molecule has 0 unspecified atom stereocenters. The van der Waals surface area contributed by atoms with E-state index < -0.39 is 0 Å². The Kier molecular flexibility index (Phi) is 11.1. The fourth-order valence-corrected chi connectivity index (χ4v) is 12.9. The lowest BCUT2D eigenvalue weighted by molar-refractivity contribution is 0.670. The number of anilines is 6. The predicted molar refractivity (Wildman–Crippen MR) is 332 cm³/mol. The second-order valence-corrected chi connectivity index (χ2v) is 22.2. The van der Waals surface area contributed by atoms with Crippen LogP contribution in [0.4, 0.5) is 34.1 Å². The van der Waals surface area contributed by atoms with Crippen molar-refractivity contribution in [2.75, 3.05) is 9.80 Å². The Hall–Kier alpha value is -9.12. The molecule has 78 heavy (non-hydrogen) atoms. The summed E-state index contributed by atoms with van der Waals surface area (Å²) in [6.07, 6.45) is 0. The molecule has 12 aromatic carbocycles. The minimum absolute atomic E-state index is 0.215. The molecule has 0 fully saturated rings. The molecule has 14 rings (SSSR count). The third-order valence-electron chi connectivity index (χ3n) is 16.5. The van der Waals surface area contributed by atoms with Gasteiger partial charge in [-0.25, -0.2) is 0 Å². The lowest BCUT2D eigenvalue weighted by atomic mass is 9.84. The summed E-state index contributed by atoms with van der Waals surface area (Å²) in [5, 5.41) is 11.8. The van der Waals surface area contributed by atoms with E-state index >= 15 is 0 Å². The maximum Gasteiger partial charge on any atom is 0.159 e. The number of fused-ring (bicyclic) bond motifs is 6. The van der Waals surface area contributed by atoms with Crippen LogP contribution in [-0.4, -0.2) is 0 Å². The molecular formula is C74H60N2O2. The summed E-state index contributed by atoms with van der Waals surface area (Å²) in [4.78, 5) is 5.00. The minimum atomic E-state index is 0.215. The molecule has 0 spiro atoms. The quantitative estimate of drug-likeness (QED) is 0.128. The summed E-state index contributed by atoms with van der Waals surface area (Å²) in [5.74, 6) is 0.429. The third kappa shape index (κ3) is 7.34. The Morgan fingerprint density at radius 2 is 0.667 bits per heavy atom. The van der Waals surface area contributed by atoms with Gasteiger partial charge in [0.05, 0.1) is 22.7 Å². The van der Waals surface area contributed by atoms with Crippen LogP contribution in [0.2, 0.25) is 0 Å². The lowest BCUT2D eigenvalue weighted by Crippen LogP contribution is -2.14. The molecule has 378 valence electrons. The van der Waals surface area contributed by atoms with Gasteiger partial charge < -0.3 is 18.6 Å². The fourth-order valence-electron chi connectivity index (χ4n) is 12.9. The number of hydrogen-bond donors (Lipinski definition) is 0. The first-order valence-corrected chi connectivity index (χ1v) is 27.5. The van der Waals surface area contributed by atoms with E-state index in [0.29, 0.717) is 0 Å². The molecule has 0 saturated carbocycles. The Bertz CT molecular complexity index is 4370. The van der Waals surface area contributed by atoms with Crippen LogP contribution in [0.25, 0.3) is 98.4 Å². The molecule has 0 saturated heterocycles. The van der Waals surface area contributed by atoms with Crippen LogP contribution >= 0.6 is 0 Å². The van der Waals surface area contributed by atoms with E-state index in [4.69, 9.17) is 8.83 Å². The second kappa shape index (κ2) is 18.3. The Balaban J connectivity index is 1.08. The molecule has 4 nitrogen and oxygen atoms in total. The summed E-state index contributed by atoms with van der Waals surface area (Å²) in [6, 6.07) is 75.9. The molecule has 0 bridgehead atoms. The van der Waals surface area contributed by atoms with Gasteiger partial charge in [-0.1, -0.05) is 209 Å². The zero-order chi connectivity index (χ0) is 53.1. The normalized spacial score (nSPS) is 12.1. The molecule has 2 heterocycles. The predicted octanol–water partition coefficient (Wildman–Crippen LogP) is 22.1. The average molecular weight is 1010 g/mol. The maximum absolute atomic E-state index is 7.27. The SMILES string of the molecule is Cc1ccc(N(c2cc(C(C)C)c3ccc4c(N(c5ccc(C)cc5C)c5cccc6c5oc5c(-c7ccccc7)cccc56)cc(C(C)C)c5ccc2c3c54)c2cccc3c2oc2c(-c4ccccc4)cccc23)c(C)c1. The minimum Gasteiger partial charge on any atom is -0.453 e. The largest absolute Gasteiger partial charge is 0.453 e. The van der Waals surface area contributed by atoms with Crippen molar-refractivity contribution >= 4 is 110 Å². The number of hydrogen-bond acceptors (Lipinski definition) is 4. The zero-order valence-corrected chi connectivity index (χ0v) is 45.5. The van der Waals surface area contributed by atoms with Gasteiger partial charge in [0, 0.05) is 54.8 Å². The van der Waals surface area contributed by atoms with Crippen LogP contribution in [0.1, 0.15) is 72.9 Å². The number of rotatable bonds is 10. The smallest absolute Gasteiger partial charge is 0.159 e. The zero-order valence-electron chi connectivity index (χ0n) is 45.5. The van der Waals surface area contributed by atoms with Gasteiger partial charge in [0.2, 0.25) is 0 Å². The van der Waals surface area contributed by atoms with Crippen LogP contribution in [0.5, 0.6) is 0 Å². The molecule has 0 atom stereocenters. The molecule has 0 aliphatic rings. The average Bonchev–Trinajstić information content (AvgIpc) is 4.14. The number of nitrogens with zero attached hydrogens (tertiary/aromatic N) is 2. The molecule has 0 aliphatic heterocycles. The Morgan fingerprint density at radius 1 is 0.295 bits per heavy atom. The number of furan rings is 2. The monoisotopic (exact) mass is 1010 g/mol. The third-order valence-corrected chi connectivity index (χ3v) is 16.5. The van der Waals surface area contributed by atoms with E-state index in [1.54, 1.807) is 0 Å². The van der Waals surface area contributed by atoms with Gasteiger partial charge in [-0.2, -0.15) is 0 Å². The van der Waals surface area contributed by atoms with E-state index in [0.717, 1.165) is 100 Å². The van der Waals surface area contributed by atoms with Crippen molar-refractivity contribution in [3.63, 3.8) is 0 Å². The summed E-state index contributed by atoms with van der Waals surface area (Å²) in [6.45, 7) is 18.2. The standard InChI is InChI=1S/C74H60N2O2/c1-43(2)61-41-67(75(63-37-31-45(5)39-47(63)7)65-29-17-27-57-55-25-15-23-51(71(55)77-73(57)65)49-19-11-9-12-20-49)59-36-34-54-62(44(3)4)42-68(60-35-33-53(61)69(59)70(54)60)76(64-38-32-46(6)40-48(64)8)66-30-18-28-58-56-26-16-24-52(72(56)78-74(58)66)50-21-13-10-14-22-50/h9-44H,1-8H3.